The van der Waals surface area contributed by atoms with E-state index < -0.39 is 0 Å². The quantitative estimate of drug-likeness (QED) is 0.330. The smallest absolute Gasteiger partial charge is 0.253 e. The first-order valence-electron chi connectivity index (χ1n) is 11.6. The molecule has 1 unspecified atom stereocenters. The summed E-state index contributed by atoms with van der Waals surface area (Å²) in [6.45, 7) is 6.62. The molecule has 1 N–H and O–H groups in total. The Bertz CT molecular complexity index is 1120. The minimum Gasteiger partial charge on any atom is -0.486 e. The van der Waals surface area contributed by atoms with E-state index in [-0.39, 0.29) is 12.0 Å². The topological polar surface area (TPSA) is 65.4 Å². The third kappa shape index (κ3) is 6.13. The molecule has 1 aliphatic rings. The van der Waals surface area contributed by atoms with Crippen LogP contribution in [0.5, 0.6) is 5.75 Å². The molecule has 9 heteroatoms. The third-order valence-electron chi connectivity index (χ3n) is 5.87. The van der Waals surface area contributed by atoms with Crippen LogP contribution < -0.4 is 10.1 Å². The van der Waals surface area contributed by atoms with Crippen molar-refractivity contribution in [2.75, 3.05) is 13.2 Å². The molecule has 1 aromatic carbocycles. The Morgan fingerprint density at radius 2 is 2.09 bits per heavy atom. The van der Waals surface area contributed by atoms with Gasteiger partial charge in [0.25, 0.3) is 5.91 Å². The Morgan fingerprint density at radius 1 is 1.29 bits per heavy atom. The van der Waals surface area contributed by atoms with Crippen molar-refractivity contribution in [3.05, 3.63) is 56.0 Å². The van der Waals surface area contributed by atoms with Crippen LogP contribution >= 0.6 is 34.5 Å². The zero-order valence-electron chi connectivity index (χ0n) is 19.4. The van der Waals surface area contributed by atoms with Gasteiger partial charge in [-0.3, -0.25) is 4.79 Å². The largest absolute Gasteiger partial charge is 0.486 e. The molecule has 0 saturated carbocycles. The zero-order chi connectivity index (χ0) is 24.1. The molecule has 1 fully saturated rings. The van der Waals surface area contributed by atoms with E-state index in [0.717, 1.165) is 60.9 Å². The van der Waals surface area contributed by atoms with Crippen molar-refractivity contribution in [2.45, 2.75) is 58.8 Å². The number of unbranched alkanes of at least 4 members (excludes halogenated alkanes) is 1. The zero-order valence-corrected chi connectivity index (χ0v) is 21.7. The molecule has 0 radical (unpaired) electrons. The number of carbonyl (C=O) groups excluding carboxylic acids is 1. The summed E-state index contributed by atoms with van der Waals surface area (Å²) in [5.74, 6) is 0.530. The number of halogens is 2. The van der Waals surface area contributed by atoms with Crippen molar-refractivity contribution in [3.63, 3.8) is 0 Å². The monoisotopic (exact) mass is 521 g/mol. The maximum atomic E-state index is 13.0. The Morgan fingerprint density at radius 3 is 2.79 bits per heavy atom. The van der Waals surface area contributed by atoms with E-state index in [1.165, 1.54) is 11.3 Å². The van der Waals surface area contributed by atoms with Crippen LogP contribution in [0.15, 0.2) is 29.6 Å². The van der Waals surface area contributed by atoms with Crippen LogP contribution in [-0.2, 0) is 17.9 Å². The lowest BCUT2D eigenvalue weighted by atomic mass is 10.2. The molecule has 2 aromatic heterocycles. The maximum Gasteiger partial charge on any atom is 0.253 e. The predicted molar refractivity (Wildman–Crippen MR) is 137 cm³/mol. The lowest BCUT2D eigenvalue weighted by Crippen LogP contribution is -2.32. The molecule has 182 valence electrons. The minimum atomic E-state index is -0.0684. The first-order chi connectivity index (χ1) is 16.4. The minimum absolute atomic E-state index is 0.0684. The number of hydrogen-bond acceptors (Lipinski definition) is 5. The Hall–Kier alpha value is -2.06. The predicted octanol–water partition coefficient (Wildman–Crippen LogP) is 6.51. The molecular formula is C25H29Cl2N3O3S. The number of rotatable bonds is 10. The highest BCUT2D eigenvalue weighted by molar-refractivity contribution is 7.09. The molecule has 6 nitrogen and oxygen atoms in total. The van der Waals surface area contributed by atoms with Gasteiger partial charge in [0.1, 0.15) is 17.4 Å². The SMILES string of the molecule is CCCCn1c(-c2csc(COc3cc(Cl)cc(Cl)c3)n2)cc(C(=O)NCC2CCCO2)c1C. The summed E-state index contributed by atoms with van der Waals surface area (Å²) < 4.78 is 13.7. The molecule has 1 saturated heterocycles. The average Bonchev–Trinajstić information content (AvgIpc) is 3.55. The van der Waals surface area contributed by atoms with Crippen LogP contribution in [0.4, 0.5) is 0 Å². The van der Waals surface area contributed by atoms with Crippen LogP contribution in [0, 0.1) is 6.92 Å². The van der Waals surface area contributed by atoms with Gasteiger partial charge in [0.2, 0.25) is 0 Å². The molecule has 1 amide bonds. The summed E-state index contributed by atoms with van der Waals surface area (Å²) in [5.41, 5.74) is 3.42. The van der Waals surface area contributed by atoms with Crippen LogP contribution in [-0.4, -0.2) is 34.7 Å². The molecule has 0 spiro atoms. The molecule has 34 heavy (non-hydrogen) atoms. The normalized spacial score (nSPS) is 15.6. The number of ether oxygens (including phenoxy) is 2. The standard InChI is InChI=1S/C25H29Cl2N3O3S/c1-3-4-7-30-16(2)21(25(31)28-13-19-6-5-8-32-19)12-23(30)22-15-34-24(29-22)14-33-20-10-17(26)9-18(27)11-20/h9-12,15,19H,3-8,13-14H2,1-2H3,(H,28,31). The number of carbonyl (C=O) groups is 1. The number of nitrogens with one attached hydrogen (secondary N) is 1. The number of benzene rings is 1. The highest BCUT2D eigenvalue weighted by atomic mass is 35.5. The van der Waals surface area contributed by atoms with Crippen LogP contribution in [0.1, 0.15) is 53.7 Å². The summed E-state index contributed by atoms with van der Waals surface area (Å²) in [4.78, 5) is 17.8. The first-order valence-corrected chi connectivity index (χ1v) is 13.2. The number of nitrogens with zero attached hydrogens (tertiary/aromatic N) is 2. The second-order valence-corrected chi connectivity index (χ2v) is 10.2. The fourth-order valence-corrected chi connectivity index (χ4v) is 5.26. The third-order valence-corrected chi connectivity index (χ3v) is 7.13. The fraction of sp³-hybridized carbons (Fsp3) is 0.440. The van der Waals surface area contributed by atoms with Crippen molar-refractivity contribution in [2.24, 2.45) is 0 Å². The van der Waals surface area contributed by atoms with E-state index in [4.69, 9.17) is 37.7 Å². The van der Waals surface area contributed by atoms with Crippen molar-refractivity contribution >= 4 is 40.4 Å². The second kappa shape index (κ2) is 11.6. The van der Waals surface area contributed by atoms with E-state index in [0.29, 0.717) is 34.5 Å². The molecule has 3 heterocycles. The Balaban J connectivity index is 1.51. The van der Waals surface area contributed by atoms with Gasteiger partial charge in [-0.2, -0.15) is 0 Å². The fourth-order valence-electron chi connectivity index (χ4n) is 4.05. The number of aromatic nitrogens is 2. The molecule has 0 aliphatic carbocycles. The van der Waals surface area contributed by atoms with Crippen molar-refractivity contribution < 1.29 is 14.3 Å². The summed E-state index contributed by atoms with van der Waals surface area (Å²) in [5, 5.41) is 6.93. The van der Waals surface area contributed by atoms with E-state index in [2.05, 4.69) is 16.8 Å². The summed E-state index contributed by atoms with van der Waals surface area (Å²) in [6, 6.07) is 7.07. The number of thiazole rings is 1. The maximum absolute atomic E-state index is 13.0. The van der Waals surface area contributed by atoms with Crippen LogP contribution in [0.2, 0.25) is 10.0 Å². The van der Waals surface area contributed by atoms with Gasteiger partial charge in [-0.25, -0.2) is 4.98 Å². The highest BCUT2D eigenvalue weighted by Gasteiger charge is 2.22. The van der Waals surface area contributed by atoms with Crippen molar-refractivity contribution in [3.8, 4) is 17.1 Å². The van der Waals surface area contributed by atoms with Gasteiger partial charge >= 0.3 is 0 Å². The van der Waals surface area contributed by atoms with E-state index >= 15 is 0 Å². The van der Waals surface area contributed by atoms with E-state index in [1.54, 1.807) is 18.2 Å². The Kier molecular flexibility index (Phi) is 8.53. The summed E-state index contributed by atoms with van der Waals surface area (Å²) >= 11 is 13.6. The number of hydrogen-bond donors (Lipinski definition) is 1. The van der Waals surface area contributed by atoms with Gasteiger partial charge in [0.15, 0.2) is 0 Å². The molecule has 1 aliphatic heterocycles. The second-order valence-electron chi connectivity index (χ2n) is 8.40. The van der Waals surface area contributed by atoms with Gasteiger partial charge in [-0.1, -0.05) is 36.5 Å². The van der Waals surface area contributed by atoms with Gasteiger partial charge in [-0.05, 0) is 50.5 Å². The average molecular weight is 522 g/mol. The van der Waals surface area contributed by atoms with Crippen molar-refractivity contribution in [1.82, 2.24) is 14.9 Å². The molecule has 0 bridgehead atoms. The molecular weight excluding hydrogens is 493 g/mol. The van der Waals surface area contributed by atoms with E-state index in [1.807, 2.05) is 18.4 Å². The Labute approximate surface area is 214 Å². The first kappa shape index (κ1) is 25.0. The van der Waals surface area contributed by atoms with E-state index in [9.17, 15) is 4.79 Å². The molecule has 4 rings (SSSR count). The summed E-state index contributed by atoms with van der Waals surface area (Å²) in [7, 11) is 0. The van der Waals surface area contributed by atoms with Crippen molar-refractivity contribution in [1.29, 1.82) is 0 Å². The molecule has 1 atom stereocenters. The lowest BCUT2D eigenvalue weighted by molar-refractivity contribution is 0.0857. The van der Waals surface area contributed by atoms with Gasteiger partial charge in [0.05, 0.1) is 23.1 Å². The van der Waals surface area contributed by atoms with Crippen LogP contribution in [0.25, 0.3) is 11.4 Å². The van der Waals surface area contributed by atoms with Gasteiger partial charge in [0, 0.05) is 40.8 Å². The lowest BCUT2D eigenvalue weighted by Gasteiger charge is -2.12. The summed E-state index contributed by atoms with van der Waals surface area (Å²) in [6.07, 6.45) is 4.25. The van der Waals surface area contributed by atoms with Gasteiger partial charge < -0.3 is 19.4 Å². The molecule has 3 aromatic rings. The van der Waals surface area contributed by atoms with Gasteiger partial charge in [-0.15, -0.1) is 11.3 Å². The van der Waals surface area contributed by atoms with Crippen LogP contribution in [0.3, 0.4) is 0 Å². The number of amides is 1. The highest BCUT2D eigenvalue weighted by Crippen LogP contribution is 2.29.